The zero-order chi connectivity index (χ0) is 24.4. The van der Waals surface area contributed by atoms with Crippen LogP contribution in [0.15, 0.2) is 60.8 Å². The van der Waals surface area contributed by atoms with E-state index in [1.54, 1.807) is 13.3 Å². The van der Waals surface area contributed by atoms with Crippen LogP contribution in [0.2, 0.25) is 0 Å². The van der Waals surface area contributed by atoms with Gasteiger partial charge in [-0.05, 0) is 54.4 Å². The molecule has 1 aliphatic heterocycles. The molecule has 0 aliphatic carbocycles. The van der Waals surface area contributed by atoms with E-state index in [1.165, 1.54) is 10.5 Å². The van der Waals surface area contributed by atoms with Crippen LogP contribution < -0.4 is 4.74 Å². The summed E-state index contributed by atoms with van der Waals surface area (Å²) in [6.45, 7) is 4.99. The van der Waals surface area contributed by atoms with Crippen LogP contribution in [0, 0.1) is 0 Å². The molecule has 8 heteroatoms. The standard InChI is InChI=1S/C27H29N5O3/c1-3-31(21-13-15-32(17-21)27(33)34)16-18-4-6-19(7-5-18)23-12-14-28-26-24(23)29-25(30-26)20-8-10-22(35-2)11-9-20/h4-12,14,21H,3,13,15-17H2,1-2H3,(H,33,34)(H,28,29,30)/t21-/m0/s1. The van der Waals surface area contributed by atoms with Crippen molar-refractivity contribution in [2.45, 2.75) is 25.9 Å². The van der Waals surface area contributed by atoms with E-state index in [2.05, 4.69) is 46.1 Å². The van der Waals surface area contributed by atoms with Crippen molar-refractivity contribution in [1.82, 2.24) is 24.8 Å². The number of carbonyl (C=O) groups is 1. The molecule has 0 bridgehead atoms. The number of rotatable bonds is 7. The number of methoxy groups -OCH3 is 1. The molecule has 1 aliphatic rings. The first kappa shape index (κ1) is 22.9. The second-order valence-electron chi connectivity index (χ2n) is 8.80. The molecule has 0 radical (unpaired) electrons. The van der Waals surface area contributed by atoms with E-state index < -0.39 is 6.09 Å². The van der Waals surface area contributed by atoms with Gasteiger partial charge in [-0.2, -0.15) is 0 Å². The molecule has 0 unspecified atom stereocenters. The average Bonchev–Trinajstić information content (AvgIpc) is 3.55. The SMILES string of the molecule is CCN(Cc1ccc(-c2ccnc3[nH]c(-c4ccc(OC)cc4)nc23)cc1)[C@H]1CCN(C(=O)O)C1. The first-order valence-corrected chi connectivity index (χ1v) is 11.9. The largest absolute Gasteiger partial charge is 0.497 e. The zero-order valence-corrected chi connectivity index (χ0v) is 19.9. The number of nitrogens with one attached hydrogen (secondary N) is 1. The minimum Gasteiger partial charge on any atom is -0.497 e. The number of hydrogen-bond acceptors (Lipinski definition) is 5. The highest BCUT2D eigenvalue weighted by atomic mass is 16.5. The molecule has 1 atom stereocenters. The first-order chi connectivity index (χ1) is 17.1. The molecule has 4 aromatic rings. The van der Waals surface area contributed by atoms with E-state index in [1.807, 2.05) is 30.3 Å². The van der Waals surface area contributed by atoms with E-state index in [4.69, 9.17) is 9.72 Å². The highest BCUT2D eigenvalue weighted by Gasteiger charge is 2.29. The normalized spacial score (nSPS) is 15.7. The van der Waals surface area contributed by atoms with Crippen LogP contribution in [0.25, 0.3) is 33.7 Å². The molecule has 1 fully saturated rings. The Bertz CT molecular complexity index is 1320. The molecule has 0 saturated carbocycles. The van der Waals surface area contributed by atoms with Gasteiger partial charge in [0, 0.05) is 43.0 Å². The monoisotopic (exact) mass is 471 g/mol. The van der Waals surface area contributed by atoms with Gasteiger partial charge in [0.25, 0.3) is 0 Å². The fourth-order valence-corrected chi connectivity index (χ4v) is 4.77. The van der Waals surface area contributed by atoms with Crippen molar-refractivity contribution < 1.29 is 14.6 Å². The van der Waals surface area contributed by atoms with Gasteiger partial charge in [-0.1, -0.05) is 31.2 Å². The van der Waals surface area contributed by atoms with Crippen molar-refractivity contribution in [2.24, 2.45) is 0 Å². The summed E-state index contributed by atoms with van der Waals surface area (Å²) < 4.78 is 5.25. The summed E-state index contributed by atoms with van der Waals surface area (Å²) in [6.07, 6.45) is 1.85. The molecular formula is C27H29N5O3. The Morgan fingerprint density at radius 1 is 1.14 bits per heavy atom. The molecule has 8 nitrogen and oxygen atoms in total. The van der Waals surface area contributed by atoms with E-state index >= 15 is 0 Å². The van der Waals surface area contributed by atoms with Gasteiger partial charge >= 0.3 is 6.09 Å². The second-order valence-corrected chi connectivity index (χ2v) is 8.80. The first-order valence-electron chi connectivity index (χ1n) is 11.9. The van der Waals surface area contributed by atoms with Crippen molar-refractivity contribution in [1.29, 1.82) is 0 Å². The summed E-state index contributed by atoms with van der Waals surface area (Å²) in [7, 11) is 1.65. The number of ether oxygens (including phenoxy) is 1. The minimum atomic E-state index is -0.829. The van der Waals surface area contributed by atoms with Crippen molar-refractivity contribution in [3.8, 4) is 28.3 Å². The van der Waals surface area contributed by atoms with Crippen molar-refractivity contribution >= 4 is 17.3 Å². The Labute approximate surface area is 204 Å². The number of likely N-dealkylation sites (tertiary alicyclic amines) is 1. The van der Waals surface area contributed by atoms with Crippen LogP contribution in [0.4, 0.5) is 4.79 Å². The number of pyridine rings is 1. The predicted molar refractivity (Wildman–Crippen MR) is 135 cm³/mol. The number of H-pyrrole nitrogens is 1. The van der Waals surface area contributed by atoms with Crippen LogP contribution >= 0.6 is 0 Å². The van der Waals surface area contributed by atoms with Crippen molar-refractivity contribution in [3.63, 3.8) is 0 Å². The van der Waals surface area contributed by atoms with E-state index in [0.29, 0.717) is 13.1 Å². The summed E-state index contributed by atoms with van der Waals surface area (Å²) in [5.41, 5.74) is 5.86. The maximum absolute atomic E-state index is 11.3. The number of imidazole rings is 1. The Morgan fingerprint density at radius 2 is 1.89 bits per heavy atom. The maximum atomic E-state index is 11.3. The summed E-state index contributed by atoms with van der Waals surface area (Å²) in [6, 6.07) is 18.6. The third-order valence-electron chi connectivity index (χ3n) is 6.76. The maximum Gasteiger partial charge on any atom is 0.407 e. The quantitative estimate of drug-likeness (QED) is 0.399. The summed E-state index contributed by atoms with van der Waals surface area (Å²) in [4.78, 5) is 27.8. The lowest BCUT2D eigenvalue weighted by Crippen LogP contribution is -2.38. The van der Waals surface area contributed by atoms with Gasteiger partial charge in [-0.25, -0.2) is 14.8 Å². The zero-order valence-electron chi connectivity index (χ0n) is 19.9. The average molecular weight is 472 g/mol. The molecule has 2 aromatic carbocycles. The third-order valence-corrected chi connectivity index (χ3v) is 6.76. The van der Waals surface area contributed by atoms with Gasteiger partial charge < -0.3 is 19.7 Å². The lowest BCUT2D eigenvalue weighted by molar-refractivity contribution is 0.146. The number of aromatic nitrogens is 3. The van der Waals surface area contributed by atoms with Gasteiger partial charge in [0.2, 0.25) is 0 Å². The van der Waals surface area contributed by atoms with Crippen LogP contribution in [-0.4, -0.2) is 68.7 Å². The number of amides is 1. The van der Waals surface area contributed by atoms with Gasteiger partial charge in [0.05, 0.1) is 7.11 Å². The molecule has 180 valence electrons. The molecular weight excluding hydrogens is 442 g/mol. The van der Waals surface area contributed by atoms with Crippen molar-refractivity contribution in [2.75, 3.05) is 26.7 Å². The second kappa shape index (κ2) is 9.76. The van der Waals surface area contributed by atoms with Crippen LogP contribution in [0.3, 0.4) is 0 Å². The minimum absolute atomic E-state index is 0.260. The van der Waals surface area contributed by atoms with Gasteiger partial charge in [0.15, 0.2) is 5.65 Å². The lowest BCUT2D eigenvalue weighted by atomic mass is 10.0. The number of likely N-dealkylation sites (N-methyl/N-ethyl adjacent to an activating group) is 1. The Morgan fingerprint density at radius 3 is 2.54 bits per heavy atom. The molecule has 1 amide bonds. The van der Waals surface area contributed by atoms with E-state index in [-0.39, 0.29) is 6.04 Å². The smallest absolute Gasteiger partial charge is 0.407 e. The molecule has 1 saturated heterocycles. The highest BCUT2D eigenvalue weighted by Crippen LogP contribution is 2.30. The van der Waals surface area contributed by atoms with Crippen molar-refractivity contribution in [3.05, 3.63) is 66.4 Å². The number of benzene rings is 2. The van der Waals surface area contributed by atoms with Gasteiger partial charge in [-0.15, -0.1) is 0 Å². The Kier molecular flexibility index (Phi) is 6.37. The molecule has 2 N–H and O–H groups in total. The predicted octanol–water partition coefficient (Wildman–Crippen LogP) is 4.87. The van der Waals surface area contributed by atoms with Crippen LogP contribution in [0.5, 0.6) is 5.75 Å². The van der Waals surface area contributed by atoms with Gasteiger partial charge in [-0.3, -0.25) is 4.90 Å². The lowest BCUT2D eigenvalue weighted by Gasteiger charge is -2.27. The van der Waals surface area contributed by atoms with Crippen LogP contribution in [0.1, 0.15) is 18.9 Å². The number of hydrogen-bond donors (Lipinski definition) is 2. The fraction of sp³-hybridized carbons (Fsp3) is 0.296. The fourth-order valence-electron chi connectivity index (χ4n) is 4.77. The Balaban J connectivity index is 1.36. The molecule has 35 heavy (non-hydrogen) atoms. The van der Waals surface area contributed by atoms with E-state index in [0.717, 1.165) is 58.9 Å². The highest BCUT2D eigenvalue weighted by molar-refractivity contribution is 5.91. The molecule has 2 aromatic heterocycles. The Hall–Kier alpha value is -3.91. The number of nitrogens with zero attached hydrogens (tertiary/aromatic N) is 4. The third kappa shape index (κ3) is 4.70. The number of aromatic amines is 1. The number of fused-ring (bicyclic) bond motifs is 1. The van der Waals surface area contributed by atoms with Gasteiger partial charge in [0.1, 0.15) is 17.1 Å². The van der Waals surface area contributed by atoms with Crippen LogP contribution in [-0.2, 0) is 6.54 Å². The number of carboxylic acid groups (broad SMARTS) is 1. The molecule has 0 spiro atoms. The molecule has 5 rings (SSSR count). The molecule has 3 heterocycles. The van der Waals surface area contributed by atoms with E-state index in [9.17, 15) is 9.90 Å². The topological polar surface area (TPSA) is 94.6 Å². The summed E-state index contributed by atoms with van der Waals surface area (Å²) in [5.74, 6) is 1.57. The summed E-state index contributed by atoms with van der Waals surface area (Å²) >= 11 is 0. The summed E-state index contributed by atoms with van der Waals surface area (Å²) in [5, 5.41) is 9.27.